The van der Waals surface area contributed by atoms with Gasteiger partial charge in [0.25, 0.3) is 0 Å². The highest BCUT2D eigenvalue weighted by molar-refractivity contribution is 7.20. The second kappa shape index (κ2) is 5.37. The number of aliphatic carboxylic acids is 1. The number of rotatable bonds is 3. The van der Waals surface area contributed by atoms with Gasteiger partial charge in [-0.1, -0.05) is 30.1 Å². The van der Waals surface area contributed by atoms with Gasteiger partial charge in [-0.2, -0.15) is 0 Å². The number of nitrogens with zero attached hydrogens (tertiary/aromatic N) is 1. The number of hydrogen-bond acceptors (Lipinski definition) is 3. The SMILES string of the molecule is CC1CN(C(C)c2cc(Cl)sc2Cl)CC1C(=O)O. The number of thiophene rings is 1. The summed E-state index contributed by atoms with van der Waals surface area (Å²) in [5.41, 5.74) is 0.991. The smallest absolute Gasteiger partial charge is 0.308 e. The molecule has 0 radical (unpaired) electrons. The van der Waals surface area contributed by atoms with E-state index in [1.54, 1.807) is 0 Å². The molecule has 3 atom stereocenters. The highest BCUT2D eigenvalue weighted by Crippen LogP contribution is 2.39. The van der Waals surface area contributed by atoms with Crippen LogP contribution in [0.4, 0.5) is 0 Å². The van der Waals surface area contributed by atoms with E-state index in [-0.39, 0.29) is 17.9 Å². The minimum atomic E-state index is -0.716. The Morgan fingerprint density at radius 3 is 2.67 bits per heavy atom. The van der Waals surface area contributed by atoms with E-state index in [9.17, 15) is 4.79 Å². The molecule has 1 aromatic heterocycles. The number of likely N-dealkylation sites (tertiary alicyclic amines) is 1. The first-order valence-corrected chi connectivity index (χ1v) is 7.39. The monoisotopic (exact) mass is 307 g/mol. The summed E-state index contributed by atoms with van der Waals surface area (Å²) in [5, 5.41) is 9.14. The molecular formula is C12H15Cl2NO2S. The topological polar surface area (TPSA) is 40.5 Å². The summed E-state index contributed by atoms with van der Waals surface area (Å²) in [6.07, 6.45) is 0. The molecule has 2 rings (SSSR count). The Hall–Kier alpha value is -0.290. The van der Waals surface area contributed by atoms with Gasteiger partial charge >= 0.3 is 5.97 Å². The highest BCUT2D eigenvalue weighted by Gasteiger charge is 2.37. The molecule has 0 saturated carbocycles. The summed E-state index contributed by atoms with van der Waals surface area (Å²) in [6.45, 7) is 5.37. The summed E-state index contributed by atoms with van der Waals surface area (Å²) < 4.78 is 1.36. The van der Waals surface area contributed by atoms with Gasteiger partial charge in [0.1, 0.15) is 0 Å². The van der Waals surface area contributed by atoms with E-state index in [4.69, 9.17) is 28.3 Å². The van der Waals surface area contributed by atoms with Crippen molar-refractivity contribution in [2.24, 2.45) is 11.8 Å². The summed E-state index contributed by atoms with van der Waals surface area (Å²) in [5.74, 6) is -0.843. The molecular weight excluding hydrogens is 293 g/mol. The van der Waals surface area contributed by atoms with Crippen LogP contribution in [0, 0.1) is 11.8 Å². The van der Waals surface area contributed by atoms with Gasteiger partial charge in [0.15, 0.2) is 0 Å². The molecule has 0 spiro atoms. The van der Waals surface area contributed by atoms with Gasteiger partial charge < -0.3 is 5.11 Å². The fourth-order valence-corrected chi connectivity index (χ4v) is 4.11. The van der Waals surface area contributed by atoms with Gasteiger partial charge in [-0.05, 0) is 18.9 Å². The summed E-state index contributed by atoms with van der Waals surface area (Å²) in [4.78, 5) is 13.3. The molecule has 1 saturated heterocycles. The van der Waals surface area contributed by atoms with E-state index >= 15 is 0 Å². The average Bonchev–Trinajstić information content (AvgIpc) is 2.81. The van der Waals surface area contributed by atoms with Gasteiger partial charge in [0.2, 0.25) is 0 Å². The van der Waals surface area contributed by atoms with Crippen molar-refractivity contribution in [1.29, 1.82) is 0 Å². The zero-order valence-corrected chi connectivity index (χ0v) is 12.5. The second-order valence-electron chi connectivity index (χ2n) is 4.83. The maximum atomic E-state index is 11.1. The summed E-state index contributed by atoms with van der Waals surface area (Å²) in [6, 6.07) is 1.98. The van der Waals surface area contributed by atoms with Crippen molar-refractivity contribution in [3.8, 4) is 0 Å². The van der Waals surface area contributed by atoms with Crippen LogP contribution >= 0.6 is 34.5 Å². The second-order valence-corrected chi connectivity index (χ2v) is 7.12. The van der Waals surface area contributed by atoms with Crippen LogP contribution in [-0.4, -0.2) is 29.1 Å². The van der Waals surface area contributed by atoms with Gasteiger partial charge in [-0.15, -0.1) is 11.3 Å². The molecule has 0 bridgehead atoms. The zero-order chi connectivity index (χ0) is 13.4. The van der Waals surface area contributed by atoms with Crippen LogP contribution in [0.2, 0.25) is 8.67 Å². The van der Waals surface area contributed by atoms with E-state index < -0.39 is 5.97 Å². The molecule has 0 aliphatic carbocycles. The maximum absolute atomic E-state index is 11.1. The molecule has 18 heavy (non-hydrogen) atoms. The van der Waals surface area contributed by atoms with Crippen LogP contribution in [0.25, 0.3) is 0 Å². The Morgan fingerprint density at radius 2 is 2.22 bits per heavy atom. The van der Waals surface area contributed by atoms with Crippen molar-refractivity contribution in [3.63, 3.8) is 0 Å². The third kappa shape index (κ3) is 2.67. The van der Waals surface area contributed by atoms with Crippen LogP contribution in [0.15, 0.2) is 6.07 Å². The van der Waals surface area contributed by atoms with Crippen LogP contribution < -0.4 is 0 Å². The first-order valence-electron chi connectivity index (χ1n) is 5.81. The molecule has 1 fully saturated rings. The number of carboxylic acid groups (broad SMARTS) is 1. The molecule has 1 aliphatic heterocycles. The zero-order valence-electron chi connectivity index (χ0n) is 10.2. The Morgan fingerprint density at radius 1 is 1.56 bits per heavy atom. The standard InChI is InChI=1S/C12H15Cl2NO2S/c1-6-4-15(5-9(6)12(16)17)7(2)8-3-10(13)18-11(8)14/h3,6-7,9H,4-5H2,1-2H3,(H,16,17). The largest absolute Gasteiger partial charge is 0.481 e. The lowest BCUT2D eigenvalue weighted by molar-refractivity contribution is -0.142. The minimum Gasteiger partial charge on any atom is -0.481 e. The van der Waals surface area contributed by atoms with Crippen molar-refractivity contribution in [2.75, 3.05) is 13.1 Å². The molecule has 3 unspecified atom stereocenters. The quantitative estimate of drug-likeness (QED) is 0.924. The number of carbonyl (C=O) groups is 1. The van der Waals surface area contributed by atoms with Crippen molar-refractivity contribution in [3.05, 3.63) is 20.3 Å². The normalized spacial score (nSPS) is 26.4. The van der Waals surface area contributed by atoms with Crippen molar-refractivity contribution < 1.29 is 9.90 Å². The molecule has 0 aromatic carbocycles. The van der Waals surface area contributed by atoms with Crippen molar-refractivity contribution >= 4 is 40.5 Å². The molecule has 100 valence electrons. The lowest BCUT2D eigenvalue weighted by Crippen LogP contribution is -2.26. The Balaban J connectivity index is 2.14. The first-order chi connectivity index (χ1) is 8.40. The summed E-state index contributed by atoms with van der Waals surface area (Å²) in [7, 11) is 0. The van der Waals surface area contributed by atoms with E-state index in [2.05, 4.69) is 4.90 Å². The Labute approximate surface area is 120 Å². The fourth-order valence-electron chi connectivity index (χ4n) is 2.48. The molecule has 6 heteroatoms. The molecule has 3 nitrogen and oxygen atoms in total. The first kappa shape index (κ1) is 14.1. The maximum Gasteiger partial charge on any atom is 0.308 e. The molecule has 1 aliphatic rings. The van der Waals surface area contributed by atoms with E-state index in [0.29, 0.717) is 15.2 Å². The number of halogens is 2. The number of carboxylic acids is 1. The average molecular weight is 308 g/mol. The Kier molecular flexibility index (Phi) is 4.22. The van der Waals surface area contributed by atoms with Crippen molar-refractivity contribution in [1.82, 2.24) is 4.90 Å². The molecule has 1 N–H and O–H groups in total. The van der Waals surface area contributed by atoms with E-state index in [1.807, 2.05) is 19.9 Å². The van der Waals surface area contributed by atoms with Gasteiger partial charge in [-0.25, -0.2) is 0 Å². The molecule has 0 amide bonds. The highest BCUT2D eigenvalue weighted by atomic mass is 35.5. The lowest BCUT2D eigenvalue weighted by Gasteiger charge is -2.23. The third-order valence-electron chi connectivity index (χ3n) is 3.64. The van der Waals surface area contributed by atoms with Crippen LogP contribution in [-0.2, 0) is 4.79 Å². The minimum absolute atomic E-state index is 0.105. The Bertz CT molecular complexity index is 463. The lowest BCUT2D eigenvalue weighted by atomic mass is 9.99. The van der Waals surface area contributed by atoms with Crippen LogP contribution in [0.3, 0.4) is 0 Å². The van der Waals surface area contributed by atoms with Gasteiger partial charge in [0.05, 0.1) is 14.6 Å². The molecule has 1 aromatic rings. The van der Waals surface area contributed by atoms with Gasteiger partial charge in [-0.3, -0.25) is 9.69 Å². The van der Waals surface area contributed by atoms with E-state index in [0.717, 1.165) is 12.1 Å². The van der Waals surface area contributed by atoms with Crippen LogP contribution in [0.5, 0.6) is 0 Å². The fraction of sp³-hybridized carbons (Fsp3) is 0.583. The molecule has 2 heterocycles. The predicted octanol–water partition coefficient (Wildman–Crippen LogP) is 3.77. The van der Waals surface area contributed by atoms with Crippen molar-refractivity contribution in [2.45, 2.75) is 19.9 Å². The summed E-state index contributed by atoms with van der Waals surface area (Å²) >= 11 is 13.4. The van der Waals surface area contributed by atoms with E-state index in [1.165, 1.54) is 11.3 Å². The predicted molar refractivity (Wildman–Crippen MR) is 74.6 cm³/mol. The van der Waals surface area contributed by atoms with Crippen LogP contribution in [0.1, 0.15) is 25.5 Å². The number of hydrogen-bond donors (Lipinski definition) is 1. The third-order valence-corrected chi connectivity index (χ3v) is 5.16. The van der Waals surface area contributed by atoms with Gasteiger partial charge in [0, 0.05) is 24.7 Å².